The van der Waals surface area contributed by atoms with Crippen LogP contribution in [-0.2, 0) is 10.3 Å². The Bertz CT molecular complexity index is 716. The Morgan fingerprint density at radius 3 is 2.00 bits per heavy atom. The van der Waals surface area contributed by atoms with E-state index in [1.54, 1.807) is 4.90 Å². The van der Waals surface area contributed by atoms with Crippen LogP contribution in [0.5, 0.6) is 0 Å². The number of nitrogens with two attached hydrogens (primary N) is 1. The molecule has 25 heavy (non-hydrogen) atoms. The number of nitrogens with zero attached hydrogens (tertiary/aromatic N) is 3. The van der Waals surface area contributed by atoms with Crippen molar-refractivity contribution in [1.29, 1.82) is 0 Å². The second kappa shape index (κ2) is 7.07. The first-order chi connectivity index (χ1) is 12.1. The summed E-state index contributed by atoms with van der Waals surface area (Å²) in [7, 11) is 4.03. The molecular formula is C20H24N4O. The van der Waals surface area contributed by atoms with Crippen LogP contribution in [0.25, 0.3) is 0 Å². The van der Waals surface area contributed by atoms with Crippen molar-refractivity contribution in [3.8, 4) is 0 Å². The molecule has 5 heteroatoms. The largest absolute Gasteiger partial charge is 0.369 e. The van der Waals surface area contributed by atoms with E-state index in [0.717, 1.165) is 24.1 Å². The molecule has 2 N–H and O–H groups in total. The summed E-state index contributed by atoms with van der Waals surface area (Å²) in [4.78, 5) is 21.8. The minimum Gasteiger partial charge on any atom is -0.369 e. The van der Waals surface area contributed by atoms with Crippen molar-refractivity contribution in [3.63, 3.8) is 0 Å². The van der Waals surface area contributed by atoms with Gasteiger partial charge in [-0.05, 0) is 38.2 Å². The van der Waals surface area contributed by atoms with Gasteiger partial charge in [-0.3, -0.25) is 9.69 Å². The smallest absolute Gasteiger partial charge is 0.266 e. The molecule has 1 aliphatic heterocycles. The number of aliphatic imine (C=N–C) groups is 1. The zero-order chi connectivity index (χ0) is 17.9. The summed E-state index contributed by atoms with van der Waals surface area (Å²) in [6.07, 6.45) is 0.842. The van der Waals surface area contributed by atoms with Crippen molar-refractivity contribution in [3.05, 3.63) is 71.8 Å². The monoisotopic (exact) mass is 336 g/mol. The Balaban J connectivity index is 2.01. The number of hydrogen-bond acceptors (Lipinski definition) is 4. The van der Waals surface area contributed by atoms with E-state index < -0.39 is 5.54 Å². The highest BCUT2D eigenvalue weighted by Gasteiger charge is 2.50. The molecule has 130 valence electrons. The van der Waals surface area contributed by atoms with E-state index in [2.05, 4.69) is 9.89 Å². The Morgan fingerprint density at radius 2 is 1.52 bits per heavy atom. The summed E-state index contributed by atoms with van der Waals surface area (Å²) in [5, 5.41) is 0. The number of amides is 1. The first kappa shape index (κ1) is 17.2. The number of hydrogen-bond donors (Lipinski definition) is 1. The maximum atomic E-state index is 13.4. The van der Waals surface area contributed by atoms with Gasteiger partial charge in [0.2, 0.25) is 0 Å². The van der Waals surface area contributed by atoms with Crippen LogP contribution in [0, 0.1) is 0 Å². The predicted molar refractivity (Wildman–Crippen MR) is 100 cm³/mol. The molecule has 2 aromatic rings. The molecule has 0 radical (unpaired) electrons. The summed E-state index contributed by atoms with van der Waals surface area (Å²) < 4.78 is 0. The van der Waals surface area contributed by atoms with Crippen molar-refractivity contribution >= 4 is 11.9 Å². The molecule has 2 aromatic carbocycles. The minimum atomic E-state index is -1.09. The molecule has 0 spiro atoms. The van der Waals surface area contributed by atoms with Crippen LogP contribution in [0.15, 0.2) is 65.7 Å². The molecule has 0 saturated heterocycles. The molecule has 0 unspecified atom stereocenters. The Kier molecular flexibility index (Phi) is 4.86. The maximum absolute atomic E-state index is 13.4. The Morgan fingerprint density at radius 1 is 1.00 bits per heavy atom. The van der Waals surface area contributed by atoms with E-state index in [1.807, 2.05) is 74.8 Å². The van der Waals surface area contributed by atoms with Crippen molar-refractivity contribution in [2.45, 2.75) is 12.0 Å². The van der Waals surface area contributed by atoms with Crippen molar-refractivity contribution in [2.24, 2.45) is 10.7 Å². The molecule has 1 amide bonds. The minimum absolute atomic E-state index is 0.0823. The molecule has 1 heterocycles. The Hall–Kier alpha value is -2.66. The average Bonchev–Trinajstić information content (AvgIpc) is 2.88. The van der Waals surface area contributed by atoms with Gasteiger partial charge in [-0.2, -0.15) is 0 Å². The fourth-order valence-electron chi connectivity index (χ4n) is 3.24. The van der Waals surface area contributed by atoms with Gasteiger partial charge in [0, 0.05) is 6.54 Å². The summed E-state index contributed by atoms with van der Waals surface area (Å²) in [5.41, 5.74) is 6.76. The normalized spacial score (nSPS) is 16.4. The van der Waals surface area contributed by atoms with Gasteiger partial charge in [-0.25, -0.2) is 4.99 Å². The number of rotatable bonds is 6. The van der Waals surface area contributed by atoms with E-state index in [4.69, 9.17) is 5.73 Å². The molecule has 0 bridgehead atoms. The molecule has 0 atom stereocenters. The molecule has 1 aliphatic rings. The van der Waals surface area contributed by atoms with Gasteiger partial charge in [0.1, 0.15) is 0 Å². The van der Waals surface area contributed by atoms with Gasteiger partial charge >= 0.3 is 0 Å². The lowest BCUT2D eigenvalue weighted by Crippen LogP contribution is -2.44. The zero-order valence-electron chi connectivity index (χ0n) is 14.7. The molecule has 0 fully saturated rings. The average molecular weight is 336 g/mol. The summed E-state index contributed by atoms with van der Waals surface area (Å²) in [6, 6.07) is 19.3. The van der Waals surface area contributed by atoms with Crippen molar-refractivity contribution < 1.29 is 4.79 Å². The molecule has 5 nitrogen and oxygen atoms in total. The summed E-state index contributed by atoms with van der Waals surface area (Å²) in [5.74, 6) is 0.206. The third-order valence-electron chi connectivity index (χ3n) is 4.48. The van der Waals surface area contributed by atoms with Crippen LogP contribution < -0.4 is 5.73 Å². The molecular weight excluding hydrogens is 312 g/mol. The van der Waals surface area contributed by atoms with E-state index in [-0.39, 0.29) is 11.9 Å². The third-order valence-corrected chi connectivity index (χ3v) is 4.48. The first-order valence-electron chi connectivity index (χ1n) is 8.49. The van der Waals surface area contributed by atoms with Gasteiger partial charge in [-0.1, -0.05) is 60.7 Å². The van der Waals surface area contributed by atoms with E-state index >= 15 is 0 Å². The number of benzene rings is 2. The highest BCUT2D eigenvalue weighted by molar-refractivity contribution is 6.09. The van der Waals surface area contributed by atoms with Crippen LogP contribution in [0.3, 0.4) is 0 Å². The quantitative estimate of drug-likeness (QED) is 0.878. The van der Waals surface area contributed by atoms with Crippen LogP contribution in [-0.4, -0.2) is 48.9 Å². The van der Waals surface area contributed by atoms with Crippen LogP contribution in [0.2, 0.25) is 0 Å². The van der Waals surface area contributed by atoms with Gasteiger partial charge in [0.15, 0.2) is 11.5 Å². The summed E-state index contributed by atoms with van der Waals surface area (Å²) >= 11 is 0. The highest BCUT2D eigenvalue weighted by atomic mass is 16.2. The second-order valence-electron chi connectivity index (χ2n) is 6.53. The van der Waals surface area contributed by atoms with Crippen molar-refractivity contribution in [1.82, 2.24) is 9.80 Å². The SMILES string of the molecule is CN(C)CCCN1C(=O)C(c2ccccc2)(c2ccccc2)N=C1N. The van der Waals surface area contributed by atoms with Crippen LogP contribution in [0.4, 0.5) is 0 Å². The summed E-state index contributed by atoms with van der Waals surface area (Å²) in [6.45, 7) is 1.45. The second-order valence-corrected chi connectivity index (χ2v) is 6.53. The maximum Gasteiger partial charge on any atom is 0.266 e. The lowest BCUT2D eigenvalue weighted by Gasteiger charge is -2.27. The number of carbonyl (C=O) groups excluding carboxylic acids is 1. The number of guanidine groups is 1. The Labute approximate surface area is 148 Å². The fourth-order valence-corrected chi connectivity index (χ4v) is 3.24. The van der Waals surface area contributed by atoms with Gasteiger partial charge in [0.25, 0.3) is 5.91 Å². The third kappa shape index (κ3) is 3.15. The first-order valence-corrected chi connectivity index (χ1v) is 8.49. The van der Waals surface area contributed by atoms with Crippen LogP contribution >= 0.6 is 0 Å². The fraction of sp³-hybridized carbons (Fsp3) is 0.300. The molecule has 0 saturated carbocycles. The number of carbonyl (C=O) groups is 1. The molecule has 0 aliphatic carbocycles. The van der Waals surface area contributed by atoms with Gasteiger partial charge in [0.05, 0.1) is 0 Å². The van der Waals surface area contributed by atoms with Gasteiger partial charge < -0.3 is 10.6 Å². The van der Waals surface area contributed by atoms with E-state index in [9.17, 15) is 4.79 Å². The highest BCUT2D eigenvalue weighted by Crippen LogP contribution is 2.39. The lowest BCUT2D eigenvalue weighted by molar-refractivity contribution is -0.130. The predicted octanol–water partition coefficient (Wildman–Crippen LogP) is 2.04. The molecule has 0 aromatic heterocycles. The van der Waals surface area contributed by atoms with Gasteiger partial charge in [-0.15, -0.1) is 0 Å². The van der Waals surface area contributed by atoms with Crippen LogP contribution in [0.1, 0.15) is 17.5 Å². The van der Waals surface area contributed by atoms with E-state index in [1.165, 1.54) is 0 Å². The van der Waals surface area contributed by atoms with E-state index in [0.29, 0.717) is 6.54 Å². The standard InChI is InChI=1S/C20H24N4O/c1-23(2)14-9-15-24-18(25)20(22-19(24)21,16-10-5-3-6-11-16)17-12-7-4-8-13-17/h3-8,10-13H,9,14-15H2,1-2H3,(H2,21,22). The topological polar surface area (TPSA) is 61.9 Å². The van der Waals surface area contributed by atoms with Crippen molar-refractivity contribution in [2.75, 3.05) is 27.2 Å². The molecule has 3 rings (SSSR count). The zero-order valence-corrected chi connectivity index (χ0v) is 14.7. The lowest BCUT2D eigenvalue weighted by atomic mass is 9.83.